The van der Waals surface area contributed by atoms with Crippen molar-refractivity contribution in [3.05, 3.63) is 28.3 Å². The molecule has 6 nitrogen and oxygen atoms in total. The molecule has 0 spiro atoms. The van der Waals surface area contributed by atoms with Crippen molar-refractivity contribution in [1.29, 1.82) is 0 Å². The first-order valence-corrected chi connectivity index (χ1v) is 7.40. The van der Waals surface area contributed by atoms with Crippen LogP contribution in [0.5, 0.6) is 5.75 Å². The molecule has 1 rings (SSSR count). The van der Waals surface area contributed by atoms with E-state index in [1.807, 2.05) is 20.8 Å². The third-order valence-electron chi connectivity index (χ3n) is 2.52. The number of hydrogen-bond donors (Lipinski definition) is 0. The van der Waals surface area contributed by atoms with E-state index in [2.05, 4.69) is 4.74 Å². The van der Waals surface area contributed by atoms with Gasteiger partial charge in [-0.25, -0.2) is 0 Å². The van der Waals surface area contributed by atoms with Crippen molar-refractivity contribution >= 4 is 23.4 Å². The molecule has 7 heteroatoms. The van der Waals surface area contributed by atoms with Crippen molar-refractivity contribution < 1.29 is 19.2 Å². The summed E-state index contributed by atoms with van der Waals surface area (Å²) < 4.78 is 10.1. The monoisotopic (exact) mass is 313 g/mol. The molecule has 0 amide bonds. The Labute approximate surface area is 128 Å². The number of carbonyl (C=O) groups is 1. The summed E-state index contributed by atoms with van der Waals surface area (Å²) in [6.07, 6.45) is 0.0320. The smallest absolute Gasteiger partial charge is 0.324 e. The van der Waals surface area contributed by atoms with Crippen molar-refractivity contribution in [3.63, 3.8) is 0 Å². The van der Waals surface area contributed by atoms with Crippen molar-refractivity contribution in [1.82, 2.24) is 0 Å². The summed E-state index contributed by atoms with van der Waals surface area (Å²) in [7, 11) is 1.32. The second-order valence-corrected chi connectivity index (χ2v) is 6.22. The van der Waals surface area contributed by atoms with Gasteiger partial charge < -0.3 is 9.47 Å². The van der Waals surface area contributed by atoms with Crippen molar-refractivity contribution in [3.8, 4) is 5.75 Å². The van der Waals surface area contributed by atoms with Gasteiger partial charge in [-0.05, 0) is 26.0 Å². The van der Waals surface area contributed by atoms with E-state index in [9.17, 15) is 14.9 Å². The molecule has 0 aliphatic carbocycles. The van der Waals surface area contributed by atoms with Crippen LogP contribution in [0, 0.1) is 10.1 Å². The molecule has 0 aliphatic rings. The first-order valence-electron chi connectivity index (χ1n) is 6.52. The molecule has 0 saturated heterocycles. The Bertz CT molecular complexity index is 518. The van der Waals surface area contributed by atoms with Gasteiger partial charge in [0.15, 0.2) is 5.75 Å². The van der Waals surface area contributed by atoms with Gasteiger partial charge >= 0.3 is 11.7 Å². The molecule has 21 heavy (non-hydrogen) atoms. The van der Waals surface area contributed by atoms with Gasteiger partial charge in [0, 0.05) is 5.25 Å². The van der Waals surface area contributed by atoms with E-state index < -0.39 is 4.92 Å². The molecule has 1 atom stereocenters. The Hall–Kier alpha value is -1.76. The van der Waals surface area contributed by atoms with Gasteiger partial charge in [-0.15, -0.1) is 11.8 Å². The zero-order valence-electron chi connectivity index (χ0n) is 12.5. The number of ether oxygens (including phenoxy) is 2. The van der Waals surface area contributed by atoms with Crippen LogP contribution in [0.3, 0.4) is 0 Å². The Balaban J connectivity index is 3.00. The van der Waals surface area contributed by atoms with Gasteiger partial charge in [-0.3, -0.25) is 14.9 Å². The van der Waals surface area contributed by atoms with E-state index in [0.29, 0.717) is 4.90 Å². The third kappa shape index (κ3) is 5.26. The highest BCUT2D eigenvalue weighted by Crippen LogP contribution is 2.39. The first-order chi connectivity index (χ1) is 9.85. The standard InChI is InChI=1S/C14H19NO5S/c1-9(2)20-11-6-5-7-12(14(11)15(17)18)21-10(3)8-13(16)19-4/h5-7,9-10H,8H2,1-4H3. The number of nitro benzene ring substituents is 1. The van der Waals surface area contributed by atoms with Crippen LogP contribution in [-0.4, -0.2) is 29.4 Å². The first kappa shape index (κ1) is 17.3. The van der Waals surface area contributed by atoms with Crippen LogP contribution in [-0.2, 0) is 9.53 Å². The number of carbonyl (C=O) groups excluding carboxylic acids is 1. The molecule has 0 saturated carbocycles. The lowest BCUT2D eigenvalue weighted by Gasteiger charge is -2.14. The third-order valence-corrected chi connectivity index (χ3v) is 3.67. The van der Waals surface area contributed by atoms with Crippen LogP contribution in [0.15, 0.2) is 23.1 Å². The summed E-state index contributed by atoms with van der Waals surface area (Å²) >= 11 is 1.26. The van der Waals surface area contributed by atoms with Gasteiger partial charge in [-0.1, -0.05) is 13.0 Å². The number of para-hydroxylation sites is 1. The predicted octanol–water partition coefficient (Wildman–Crippen LogP) is 3.43. The summed E-state index contributed by atoms with van der Waals surface area (Å²) in [6.45, 7) is 5.44. The molecule has 0 bridgehead atoms. The van der Waals surface area contributed by atoms with Gasteiger partial charge in [0.25, 0.3) is 0 Å². The normalized spacial score (nSPS) is 12.0. The minimum atomic E-state index is -0.453. The van der Waals surface area contributed by atoms with Crippen molar-refractivity contribution in [2.75, 3.05) is 7.11 Å². The van der Waals surface area contributed by atoms with Gasteiger partial charge in [0.05, 0.1) is 29.5 Å². The van der Waals surface area contributed by atoms with Gasteiger partial charge in [-0.2, -0.15) is 0 Å². The lowest BCUT2D eigenvalue weighted by Crippen LogP contribution is -2.10. The largest absolute Gasteiger partial charge is 0.484 e. The number of benzene rings is 1. The predicted molar refractivity (Wildman–Crippen MR) is 80.8 cm³/mol. The maximum absolute atomic E-state index is 11.3. The maximum atomic E-state index is 11.3. The summed E-state index contributed by atoms with van der Waals surface area (Å²) in [5.41, 5.74) is -0.0621. The van der Waals surface area contributed by atoms with E-state index >= 15 is 0 Å². The summed E-state index contributed by atoms with van der Waals surface area (Å²) in [5, 5.41) is 11.2. The van der Waals surface area contributed by atoms with E-state index in [-0.39, 0.29) is 35.2 Å². The molecule has 0 radical (unpaired) electrons. The fourth-order valence-electron chi connectivity index (χ4n) is 1.70. The highest BCUT2D eigenvalue weighted by molar-refractivity contribution is 8.00. The summed E-state index contributed by atoms with van der Waals surface area (Å²) in [4.78, 5) is 22.6. The second kappa shape index (κ2) is 7.87. The molecular weight excluding hydrogens is 294 g/mol. The average Bonchev–Trinajstić information content (AvgIpc) is 2.37. The lowest BCUT2D eigenvalue weighted by molar-refractivity contribution is -0.388. The molecule has 116 valence electrons. The molecular formula is C14H19NO5S. The SMILES string of the molecule is COC(=O)CC(C)Sc1cccc(OC(C)C)c1[N+](=O)[O-]. The van der Waals surface area contributed by atoms with Crippen LogP contribution in [0.4, 0.5) is 5.69 Å². The molecule has 1 aromatic rings. The summed E-state index contributed by atoms with van der Waals surface area (Å²) in [5.74, 6) is -0.0995. The quantitative estimate of drug-likeness (QED) is 0.332. The topological polar surface area (TPSA) is 78.7 Å². The Morgan fingerprint density at radius 3 is 2.57 bits per heavy atom. The van der Waals surface area contributed by atoms with Crippen molar-refractivity contribution in [2.24, 2.45) is 0 Å². The Morgan fingerprint density at radius 1 is 1.38 bits per heavy atom. The fourth-order valence-corrected chi connectivity index (χ4v) is 2.80. The van der Waals surface area contributed by atoms with E-state index in [1.54, 1.807) is 18.2 Å². The minimum absolute atomic E-state index is 0.0621. The molecule has 0 heterocycles. The molecule has 1 unspecified atom stereocenters. The molecule has 0 aliphatic heterocycles. The lowest BCUT2D eigenvalue weighted by atomic mass is 10.3. The van der Waals surface area contributed by atoms with Gasteiger partial charge in [0.1, 0.15) is 0 Å². The van der Waals surface area contributed by atoms with Crippen LogP contribution in [0.1, 0.15) is 27.2 Å². The van der Waals surface area contributed by atoms with E-state index in [0.717, 1.165) is 0 Å². The number of esters is 1. The van der Waals surface area contributed by atoms with Crippen LogP contribution in [0.25, 0.3) is 0 Å². The highest BCUT2D eigenvalue weighted by Gasteiger charge is 2.24. The molecule has 1 aromatic carbocycles. The number of nitrogens with zero attached hydrogens (tertiary/aromatic N) is 1. The molecule has 0 N–H and O–H groups in total. The second-order valence-electron chi connectivity index (χ2n) is 4.74. The maximum Gasteiger partial charge on any atom is 0.324 e. The zero-order valence-corrected chi connectivity index (χ0v) is 13.3. The number of rotatable bonds is 7. The summed E-state index contributed by atoms with van der Waals surface area (Å²) in [6, 6.07) is 4.94. The Kier molecular flexibility index (Phi) is 6.48. The van der Waals surface area contributed by atoms with Gasteiger partial charge in [0.2, 0.25) is 0 Å². The minimum Gasteiger partial charge on any atom is -0.484 e. The number of hydrogen-bond acceptors (Lipinski definition) is 6. The van der Waals surface area contributed by atoms with E-state index in [4.69, 9.17) is 4.74 Å². The van der Waals surface area contributed by atoms with Crippen LogP contribution >= 0.6 is 11.8 Å². The number of nitro groups is 1. The Morgan fingerprint density at radius 2 is 2.05 bits per heavy atom. The average molecular weight is 313 g/mol. The van der Waals surface area contributed by atoms with Crippen molar-refractivity contribution in [2.45, 2.75) is 43.4 Å². The molecule has 0 fully saturated rings. The van der Waals surface area contributed by atoms with Crippen LogP contribution in [0.2, 0.25) is 0 Å². The van der Waals surface area contributed by atoms with E-state index in [1.165, 1.54) is 18.9 Å². The molecule has 0 aromatic heterocycles. The number of thioether (sulfide) groups is 1. The zero-order chi connectivity index (χ0) is 16.0. The highest BCUT2D eigenvalue weighted by atomic mass is 32.2. The fraction of sp³-hybridized carbons (Fsp3) is 0.500. The van der Waals surface area contributed by atoms with Crippen LogP contribution < -0.4 is 4.74 Å². The number of methoxy groups -OCH3 is 1.